The van der Waals surface area contributed by atoms with Crippen LogP contribution in [0.2, 0.25) is 0 Å². The van der Waals surface area contributed by atoms with Crippen LogP contribution >= 0.6 is 0 Å². The van der Waals surface area contributed by atoms with Crippen molar-refractivity contribution in [2.75, 3.05) is 32.8 Å². The Labute approximate surface area is 171 Å². The second-order valence-electron chi connectivity index (χ2n) is 8.46. The van der Waals surface area contributed by atoms with Crippen LogP contribution in [0.4, 0.5) is 0 Å². The van der Waals surface area contributed by atoms with Crippen molar-refractivity contribution in [3.8, 4) is 0 Å². The van der Waals surface area contributed by atoms with Crippen LogP contribution in [-0.4, -0.2) is 69.9 Å². The molecule has 1 N–H and O–H groups in total. The fourth-order valence-corrected chi connectivity index (χ4v) is 4.40. The smallest absolute Gasteiger partial charge is 0.289 e. The van der Waals surface area contributed by atoms with Gasteiger partial charge in [0.05, 0.1) is 45.1 Å². The number of hydrogen-bond donors (Lipinski definition) is 1. The average Bonchev–Trinajstić information content (AvgIpc) is 3.49. The third-order valence-electron chi connectivity index (χ3n) is 5.90. The summed E-state index contributed by atoms with van der Waals surface area (Å²) in [6.07, 6.45) is 4.92. The number of aromatic nitrogens is 4. The van der Waals surface area contributed by atoms with Gasteiger partial charge in [-0.3, -0.25) is 4.79 Å². The lowest BCUT2D eigenvalue weighted by Gasteiger charge is -2.36. The Morgan fingerprint density at radius 3 is 2.83 bits per heavy atom. The topological polar surface area (TPSA) is 90.7 Å². The first-order valence-corrected chi connectivity index (χ1v) is 10.7. The number of amides is 1. The van der Waals surface area contributed by atoms with E-state index in [1.54, 1.807) is 18.4 Å². The lowest BCUT2D eigenvalue weighted by molar-refractivity contribution is -0.937. The molecule has 1 amide bonds. The molecule has 29 heavy (non-hydrogen) atoms. The number of furan rings is 1. The summed E-state index contributed by atoms with van der Waals surface area (Å²) >= 11 is 0. The van der Waals surface area contributed by atoms with E-state index < -0.39 is 0 Å². The molecule has 158 valence electrons. The number of piperazine rings is 1. The summed E-state index contributed by atoms with van der Waals surface area (Å²) in [5.41, 5.74) is 0. The molecular weight excluding hydrogens is 372 g/mol. The van der Waals surface area contributed by atoms with Gasteiger partial charge in [-0.1, -0.05) is 13.8 Å². The number of rotatable bonds is 7. The normalized spacial score (nSPS) is 21.8. The van der Waals surface area contributed by atoms with Gasteiger partial charge in [-0.05, 0) is 41.3 Å². The van der Waals surface area contributed by atoms with Gasteiger partial charge in [0.15, 0.2) is 5.76 Å². The molecule has 9 nitrogen and oxygen atoms in total. The van der Waals surface area contributed by atoms with Crippen molar-refractivity contribution in [3.05, 3.63) is 30.0 Å². The molecule has 4 rings (SSSR count). The zero-order chi connectivity index (χ0) is 20.2. The number of hydrogen-bond acceptors (Lipinski definition) is 6. The standard InChI is InChI=1S/C20H30N6O3/c1-15(2)13-17(19-21-22-23-26(19)14-16-5-3-11-28-16)24-7-9-25(10-8-24)20(27)18-6-4-12-29-18/h4,6,12,15-17H,3,5,7-11,13-14H2,1-2H3/p+1/t16-,17+/m1/s1. The Morgan fingerprint density at radius 2 is 2.17 bits per heavy atom. The average molecular weight is 404 g/mol. The molecule has 0 saturated carbocycles. The minimum atomic E-state index is -0.0299. The largest absolute Gasteiger partial charge is 0.459 e. The third-order valence-corrected chi connectivity index (χ3v) is 5.90. The number of carbonyl (C=O) groups is 1. The zero-order valence-corrected chi connectivity index (χ0v) is 17.3. The van der Waals surface area contributed by atoms with Gasteiger partial charge < -0.3 is 19.0 Å². The van der Waals surface area contributed by atoms with Crippen molar-refractivity contribution in [1.29, 1.82) is 0 Å². The van der Waals surface area contributed by atoms with Crippen molar-refractivity contribution >= 4 is 5.91 Å². The van der Waals surface area contributed by atoms with Crippen LogP contribution in [0.15, 0.2) is 22.8 Å². The molecule has 0 bridgehead atoms. The third kappa shape index (κ3) is 4.67. The Morgan fingerprint density at radius 1 is 1.34 bits per heavy atom. The number of nitrogens with zero attached hydrogens (tertiary/aromatic N) is 5. The molecule has 0 spiro atoms. The van der Waals surface area contributed by atoms with Crippen LogP contribution in [0.3, 0.4) is 0 Å². The van der Waals surface area contributed by atoms with E-state index in [-0.39, 0.29) is 18.1 Å². The Kier molecular flexibility index (Phi) is 6.25. The molecule has 2 fully saturated rings. The van der Waals surface area contributed by atoms with E-state index in [9.17, 15) is 4.79 Å². The van der Waals surface area contributed by atoms with Gasteiger partial charge in [-0.2, -0.15) is 0 Å². The summed E-state index contributed by atoms with van der Waals surface area (Å²) in [4.78, 5) is 15.9. The molecule has 0 radical (unpaired) electrons. The van der Waals surface area contributed by atoms with E-state index in [2.05, 4.69) is 29.4 Å². The van der Waals surface area contributed by atoms with Gasteiger partial charge in [0.25, 0.3) is 5.91 Å². The maximum absolute atomic E-state index is 12.6. The molecule has 0 aliphatic carbocycles. The van der Waals surface area contributed by atoms with E-state index in [1.165, 1.54) is 4.90 Å². The van der Waals surface area contributed by atoms with Gasteiger partial charge in [-0.25, -0.2) is 4.68 Å². The number of ether oxygens (including phenoxy) is 1. The highest BCUT2D eigenvalue weighted by atomic mass is 16.5. The first-order valence-electron chi connectivity index (χ1n) is 10.7. The predicted octanol–water partition coefficient (Wildman–Crippen LogP) is 0.573. The maximum atomic E-state index is 12.6. The summed E-state index contributed by atoms with van der Waals surface area (Å²) < 4.78 is 13.0. The van der Waals surface area contributed by atoms with Crippen LogP contribution in [0.1, 0.15) is 55.5 Å². The summed E-state index contributed by atoms with van der Waals surface area (Å²) in [6.45, 7) is 9.16. The number of nitrogens with one attached hydrogen (secondary N) is 1. The van der Waals surface area contributed by atoms with Gasteiger partial charge >= 0.3 is 0 Å². The molecular formula is C20H31N6O3+. The second-order valence-corrected chi connectivity index (χ2v) is 8.46. The summed E-state index contributed by atoms with van der Waals surface area (Å²) in [6, 6.07) is 3.69. The molecule has 0 aromatic carbocycles. The highest BCUT2D eigenvalue weighted by molar-refractivity contribution is 5.91. The van der Waals surface area contributed by atoms with Gasteiger partial charge in [0.1, 0.15) is 6.04 Å². The van der Waals surface area contributed by atoms with Crippen LogP contribution in [0.25, 0.3) is 0 Å². The van der Waals surface area contributed by atoms with Crippen molar-refractivity contribution in [3.63, 3.8) is 0 Å². The molecule has 4 heterocycles. The molecule has 2 aromatic rings. The minimum absolute atomic E-state index is 0.0299. The van der Waals surface area contributed by atoms with Crippen LogP contribution < -0.4 is 4.90 Å². The monoisotopic (exact) mass is 403 g/mol. The summed E-state index contributed by atoms with van der Waals surface area (Å²) in [5, 5.41) is 12.7. The van der Waals surface area contributed by atoms with Crippen LogP contribution in [0.5, 0.6) is 0 Å². The van der Waals surface area contributed by atoms with E-state index in [1.807, 2.05) is 9.58 Å². The predicted molar refractivity (Wildman–Crippen MR) is 104 cm³/mol. The van der Waals surface area contributed by atoms with Crippen LogP contribution in [-0.2, 0) is 11.3 Å². The van der Waals surface area contributed by atoms with Crippen molar-refractivity contribution in [2.24, 2.45) is 5.92 Å². The van der Waals surface area contributed by atoms with E-state index >= 15 is 0 Å². The summed E-state index contributed by atoms with van der Waals surface area (Å²) in [5.74, 6) is 1.85. The highest BCUT2D eigenvalue weighted by Gasteiger charge is 2.35. The minimum Gasteiger partial charge on any atom is -0.459 e. The number of tetrazole rings is 1. The van der Waals surface area contributed by atoms with Crippen LogP contribution in [0, 0.1) is 5.92 Å². The van der Waals surface area contributed by atoms with Gasteiger partial charge in [-0.15, -0.1) is 5.10 Å². The first-order chi connectivity index (χ1) is 14.1. The molecule has 2 aromatic heterocycles. The first kappa shape index (κ1) is 20.0. The Bertz CT molecular complexity index is 776. The quantitative estimate of drug-likeness (QED) is 0.727. The fraction of sp³-hybridized carbons (Fsp3) is 0.700. The van der Waals surface area contributed by atoms with Gasteiger partial charge in [0.2, 0.25) is 5.82 Å². The fourth-order valence-electron chi connectivity index (χ4n) is 4.40. The van der Waals surface area contributed by atoms with E-state index in [0.29, 0.717) is 31.3 Å². The Balaban J connectivity index is 1.44. The van der Waals surface area contributed by atoms with Crippen molar-refractivity contribution in [1.82, 2.24) is 25.1 Å². The molecule has 0 unspecified atom stereocenters. The molecule has 2 atom stereocenters. The lowest BCUT2D eigenvalue weighted by atomic mass is 10.0. The highest BCUT2D eigenvalue weighted by Crippen LogP contribution is 2.19. The SMILES string of the molecule is CC(C)C[C@@H](c1nnnn1C[C@H]1CCCO1)[NH+]1CCN(C(=O)c2ccco2)CC1. The maximum Gasteiger partial charge on any atom is 0.289 e. The molecule has 2 aliphatic heterocycles. The molecule has 2 aliphatic rings. The zero-order valence-electron chi connectivity index (χ0n) is 17.3. The molecule has 9 heteroatoms. The van der Waals surface area contributed by atoms with E-state index in [0.717, 1.165) is 44.8 Å². The van der Waals surface area contributed by atoms with Gasteiger partial charge in [0, 0.05) is 13.0 Å². The van der Waals surface area contributed by atoms with Crippen molar-refractivity contribution in [2.45, 2.75) is 51.8 Å². The summed E-state index contributed by atoms with van der Waals surface area (Å²) in [7, 11) is 0. The number of carbonyl (C=O) groups excluding carboxylic acids is 1. The number of quaternary nitrogens is 1. The van der Waals surface area contributed by atoms with Crippen molar-refractivity contribution < 1.29 is 18.8 Å². The Hall–Kier alpha value is -2.26. The second kappa shape index (κ2) is 9.04. The lowest BCUT2D eigenvalue weighted by Crippen LogP contribution is -3.15. The molecule has 2 saturated heterocycles. The van der Waals surface area contributed by atoms with E-state index in [4.69, 9.17) is 9.15 Å².